The average Bonchev–Trinajstić information content (AvgIpc) is 2.47. The lowest BCUT2D eigenvalue weighted by Crippen LogP contribution is -2.44. The molecule has 2 rings (SSSR count). The van der Waals surface area contributed by atoms with Crippen LogP contribution in [-0.2, 0) is 17.4 Å². The van der Waals surface area contributed by atoms with Gasteiger partial charge in [0.1, 0.15) is 0 Å². The van der Waals surface area contributed by atoms with E-state index in [1.807, 2.05) is 7.05 Å². The van der Waals surface area contributed by atoms with Crippen LogP contribution in [0.2, 0.25) is 0 Å². The predicted molar refractivity (Wildman–Crippen MR) is 81.1 cm³/mol. The number of hydrogen-bond acceptors (Lipinski definition) is 2. The Morgan fingerprint density at radius 3 is 2.23 bits per heavy atom. The van der Waals surface area contributed by atoms with Crippen LogP contribution in [0.1, 0.15) is 24.0 Å². The van der Waals surface area contributed by atoms with Crippen molar-refractivity contribution in [3.05, 3.63) is 35.4 Å². The summed E-state index contributed by atoms with van der Waals surface area (Å²) in [5.74, 6) is -0.0238. The molecule has 0 radical (unpaired) electrons. The highest BCUT2D eigenvalue weighted by molar-refractivity contribution is 5.85. The van der Waals surface area contributed by atoms with Crippen LogP contribution in [0.4, 0.5) is 13.2 Å². The summed E-state index contributed by atoms with van der Waals surface area (Å²) in [5.41, 5.74) is -0.0720. The molecule has 0 atom stereocenters. The number of carbonyl (C=O) groups is 1. The predicted octanol–water partition coefficient (Wildman–Crippen LogP) is 2.88. The van der Waals surface area contributed by atoms with Gasteiger partial charge in [0, 0.05) is 19.1 Å². The Bertz CT molecular complexity index is 483. The maximum absolute atomic E-state index is 12.5. The summed E-state index contributed by atoms with van der Waals surface area (Å²) < 4.78 is 37.4. The van der Waals surface area contributed by atoms with Crippen molar-refractivity contribution in [1.29, 1.82) is 0 Å². The molecule has 1 aliphatic heterocycles. The Hall–Kier alpha value is -1.27. The van der Waals surface area contributed by atoms with Crippen LogP contribution < -0.4 is 5.32 Å². The smallest absolute Gasteiger partial charge is 0.342 e. The van der Waals surface area contributed by atoms with Crippen molar-refractivity contribution < 1.29 is 18.0 Å². The van der Waals surface area contributed by atoms with Gasteiger partial charge in [0.15, 0.2) is 0 Å². The van der Waals surface area contributed by atoms with Gasteiger partial charge < -0.3 is 10.2 Å². The highest BCUT2D eigenvalue weighted by atomic mass is 35.5. The van der Waals surface area contributed by atoms with Crippen molar-refractivity contribution in [3.8, 4) is 0 Å². The number of halogens is 4. The first kappa shape index (κ1) is 18.8. The molecular formula is C15H20ClF3N2O. The number of piperidine rings is 1. The topological polar surface area (TPSA) is 32.3 Å². The minimum atomic E-state index is -4.34. The van der Waals surface area contributed by atoms with E-state index < -0.39 is 11.7 Å². The molecule has 0 bridgehead atoms. The fraction of sp³-hybridized carbons (Fsp3) is 0.533. The van der Waals surface area contributed by atoms with Crippen molar-refractivity contribution in [3.63, 3.8) is 0 Å². The lowest BCUT2D eigenvalue weighted by molar-refractivity contribution is -0.137. The summed E-state index contributed by atoms with van der Waals surface area (Å²) in [7, 11) is 1.91. The molecule has 22 heavy (non-hydrogen) atoms. The number of carbonyl (C=O) groups excluding carboxylic acids is 1. The maximum Gasteiger partial charge on any atom is 0.416 e. The second kappa shape index (κ2) is 7.83. The normalized spacial score (nSPS) is 16.3. The van der Waals surface area contributed by atoms with E-state index in [-0.39, 0.29) is 24.7 Å². The van der Waals surface area contributed by atoms with Gasteiger partial charge in [0.05, 0.1) is 12.0 Å². The van der Waals surface area contributed by atoms with Crippen LogP contribution in [-0.4, -0.2) is 37.0 Å². The van der Waals surface area contributed by atoms with E-state index >= 15 is 0 Å². The molecule has 1 aromatic rings. The fourth-order valence-electron chi connectivity index (χ4n) is 2.52. The van der Waals surface area contributed by atoms with E-state index in [1.165, 1.54) is 12.1 Å². The zero-order valence-corrected chi connectivity index (χ0v) is 13.1. The average molecular weight is 337 g/mol. The van der Waals surface area contributed by atoms with Crippen LogP contribution in [0, 0.1) is 0 Å². The molecule has 1 aromatic carbocycles. The zero-order valence-electron chi connectivity index (χ0n) is 12.3. The third kappa shape index (κ3) is 4.88. The summed E-state index contributed by atoms with van der Waals surface area (Å²) in [6.45, 7) is 1.40. The summed E-state index contributed by atoms with van der Waals surface area (Å²) in [5, 5.41) is 3.19. The Labute approximate surface area is 134 Å². The molecule has 1 amide bonds. The van der Waals surface area contributed by atoms with Crippen LogP contribution in [0.25, 0.3) is 0 Å². The lowest BCUT2D eigenvalue weighted by atomic mass is 10.0. The fourth-order valence-corrected chi connectivity index (χ4v) is 2.52. The highest BCUT2D eigenvalue weighted by Gasteiger charge is 2.30. The number of alkyl halides is 3. The van der Waals surface area contributed by atoms with E-state index in [1.54, 1.807) is 4.90 Å². The lowest BCUT2D eigenvalue weighted by Gasteiger charge is -2.31. The summed E-state index contributed by atoms with van der Waals surface area (Å²) >= 11 is 0. The molecule has 1 aliphatic rings. The second-order valence-corrected chi connectivity index (χ2v) is 5.32. The van der Waals surface area contributed by atoms with E-state index in [0.717, 1.165) is 25.0 Å². The van der Waals surface area contributed by atoms with Crippen LogP contribution >= 0.6 is 12.4 Å². The van der Waals surface area contributed by atoms with Gasteiger partial charge in [-0.05, 0) is 37.6 Å². The Balaban J connectivity index is 0.00000242. The van der Waals surface area contributed by atoms with Gasteiger partial charge in [-0.1, -0.05) is 12.1 Å². The van der Waals surface area contributed by atoms with Crippen LogP contribution in [0.15, 0.2) is 24.3 Å². The molecule has 3 nitrogen and oxygen atoms in total. The number of amides is 1. The molecule has 1 N–H and O–H groups in total. The monoisotopic (exact) mass is 336 g/mol. The first-order valence-electron chi connectivity index (χ1n) is 7.01. The van der Waals surface area contributed by atoms with E-state index in [4.69, 9.17) is 0 Å². The van der Waals surface area contributed by atoms with Gasteiger partial charge in [-0.15, -0.1) is 12.4 Å². The van der Waals surface area contributed by atoms with E-state index in [9.17, 15) is 18.0 Å². The van der Waals surface area contributed by atoms with E-state index in [0.29, 0.717) is 24.7 Å². The number of nitrogens with zero attached hydrogens (tertiary/aromatic N) is 1. The van der Waals surface area contributed by atoms with Crippen molar-refractivity contribution in [1.82, 2.24) is 10.2 Å². The van der Waals surface area contributed by atoms with Crippen molar-refractivity contribution in [2.75, 3.05) is 20.1 Å². The summed E-state index contributed by atoms with van der Waals surface area (Å²) in [6, 6.07) is 5.24. The Morgan fingerprint density at radius 2 is 1.77 bits per heavy atom. The molecule has 1 heterocycles. The Morgan fingerprint density at radius 1 is 1.23 bits per heavy atom. The third-order valence-electron chi connectivity index (χ3n) is 3.89. The van der Waals surface area contributed by atoms with Gasteiger partial charge in [-0.25, -0.2) is 0 Å². The third-order valence-corrected chi connectivity index (χ3v) is 3.89. The molecular weight excluding hydrogens is 317 g/mol. The molecule has 7 heteroatoms. The second-order valence-electron chi connectivity index (χ2n) is 5.32. The van der Waals surface area contributed by atoms with Crippen molar-refractivity contribution in [2.45, 2.75) is 31.5 Å². The standard InChI is InChI=1S/C15H19F3N2O.ClH/c1-19-13-6-8-20(9-7-13)14(21)10-11-2-4-12(5-3-11)15(16,17)18;/h2-5,13,19H,6-10H2,1H3;1H. The summed E-state index contributed by atoms with van der Waals surface area (Å²) in [4.78, 5) is 13.9. The molecule has 124 valence electrons. The largest absolute Gasteiger partial charge is 0.416 e. The van der Waals surface area contributed by atoms with Gasteiger partial charge in [-0.3, -0.25) is 4.79 Å². The van der Waals surface area contributed by atoms with Gasteiger partial charge in [0.2, 0.25) is 5.91 Å². The number of nitrogens with one attached hydrogen (secondary N) is 1. The van der Waals surface area contributed by atoms with Gasteiger partial charge >= 0.3 is 6.18 Å². The first-order valence-corrected chi connectivity index (χ1v) is 7.01. The molecule has 0 unspecified atom stereocenters. The van der Waals surface area contributed by atoms with E-state index in [2.05, 4.69) is 5.32 Å². The van der Waals surface area contributed by atoms with Crippen LogP contribution in [0.3, 0.4) is 0 Å². The zero-order chi connectivity index (χ0) is 15.5. The minimum absolute atomic E-state index is 0. The number of benzene rings is 1. The van der Waals surface area contributed by atoms with Gasteiger partial charge in [0.25, 0.3) is 0 Å². The number of hydrogen-bond donors (Lipinski definition) is 1. The minimum Gasteiger partial charge on any atom is -0.342 e. The molecule has 0 saturated carbocycles. The quantitative estimate of drug-likeness (QED) is 0.920. The summed E-state index contributed by atoms with van der Waals surface area (Å²) in [6.07, 6.45) is -2.36. The number of rotatable bonds is 3. The van der Waals surface area contributed by atoms with Gasteiger partial charge in [-0.2, -0.15) is 13.2 Å². The Kier molecular flexibility index (Phi) is 6.68. The molecule has 0 aliphatic carbocycles. The molecule has 0 aromatic heterocycles. The maximum atomic E-state index is 12.5. The van der Waals surface area contributed by atoms with Crippen molar-refractivity contribution in [2.24, 2.45) is 0 Å². The number of likely N-dealkylation sites (tertiary alicyclic amines) is 1. The first-order chi connectivity index (χ1) is 9.90. The highest BCUT2D eigenvalue weighted by Crippen LogP contribution is 2.29. The molecule has 1 saturated heterocycles. The van der Waals surface area contributed by atoms with Crippen molar-refractivity contribution >= 4 is 18.3 Å². The molecule has 1 fully saturated rings. The molecule has 0 spiro atoms. The van der Waals surface area contributed by atoms with Crippen LogP contribution in [0.5, 0.6) is 0 Å². The SMILES string of the molecule is CNC1CCN(C(=O)Cc2ccc(C(F)(F)F)cc2)CC1.Cl.